The summed E-state index contributed by atoms with van der Waals surface area (Å²) in [4.78, 5) is 13.5. The van der Waals surface area contributed by atoms with Gasteiger partial charge in [0.1, 0.15) is 6.20 Å². The van der Waals surface area contributed by atoms with Crippen LogP contribution in [-0.2, 0) is 0 Å². The second-order valence-corrected chi connectivity index (χ2v) is 4.86. The van der Waals surface area contributed by atoms with Crippen molar-refractivity contribution in [2.45, 2.75) is 26.9 Å². The van der Waals surface area contributed by atoms with Crippen molar-refractivity contribution in [2.75, 3.05) is 12.0 Å². The number of aromatic nitrogens is 3. The Labute approximate surface area is 133 Å². The van der Waals surface area contributed by atoms with Crippen molar-refractivity contribution in [3.63, 3.8) is 0 Å². The number of aromatic amines is 1. The molecule has 0 unspecified atom stereocenters. The van der Waals surface area contributed by atoms with Gasteiger partial charge in [-0.15, -0.1) is 10.2 Å². The van der Waals surface area contributed by atoms with E-state index >= 15 is 0 Å². The predicted molar refractivity (Wildman–Crippen MR) is 87.2 cm³/mol. The zero-order valence-corrected chi connectivity index (χ0v) is 13.2. The minimum atomic E-state index is -0.355. The van der Waals surface area contributed by atoms with E-state index in [1.807, 2.05) is 39.0 Å². The molecule has 0 bridgehead atoms. The van der Waals surface area contributed by atoms with Gasteiger partial charge in [-0.25, -0.2) is 5.43 Å². The Kier molecular flexibility index (Phi) is 5.67. The lowest BCUT2D eigenvalue weighted by molar-refractivity contribution is 0.224. The number of rotatable bonds is 7. The van der Waals surface area contributed by atoms with Crippen molar-refractivity contribution in [1.82, 2.24) is 15.2 Å². The molecular weight excluding hydrogens is 298 g/mol. The predicted octanol–water partition coefficient (Wildman–Crippen LogP) is 1.80. The minimum Gasteiger partial charge on any atom is -0.490 e. The van der Waals surface area contributed by atoms with Crippen molar-refractivity contribution in [3.05, 3.63) is 40.3 Å². The second-order valence-electron chi connectivity index (χ2n) is 4.86. The topological polar surface area (TPSA) is 101 Å². The minimum absolute atomic E-state index is 0.0591. The van der Waals surface area contributed by atoms with Crippen molar-refractivity contribution < 1.29 is 9.47 Å². The third-order valence-electron chi connectivity index (χ3n) is 2.59. The Hall–Kier alpha value is -2.90. The maximum atomic E-state index is 11.1. The summed E-state index contributed by atoms with van der Waals surface area (Å²) < 4.78 is 11.3. The molecule has 0 atom stereocenters. The van der Waals surface area contributed by atoms with E-state index in [1.165, 1.54) is 0 Å². The molecule has 0 aliphatic carbocycles. The molecule has 2 rings (SSSR count). The number of ether oxygens (including phenoxy) is 2. The quantitative estimate of drug-likeness (QED) is 0.596. The van der Waals surface area contributed by atoms with Gasteiger partial charge in [0.25, 0.3) is 5.56 Å². The molecule has 1 aromatic heterocycles. The Bertz CT molecular complexity index is 727. The molecule has 0 saturated carbocycles. The van der Waals surface area contributed by atoms with Crippen LogP contribution in [0.2, 0.25) is 0 Å². The molecule has 8 nitrogen and oxygen atoms in total. The van der Waals surface area contributed by atoms with E-state index in [-0.39, 0.29) is 17.6 Å². The number of nitrogens with one attached hydrogen (secondary N) is 2. The number of hydrazone groups is 1. The van der Waals surface area contributed by atoms with Crippen LogP contribution in [0.25, 0.3) is 0 Å². The number of hydrogen-bond acceptors (Lipinski definition) is 7. The normalized spacial score (nSPS) is 11.0. The van der Waals surface area contributed by atoms with Gasteiger partial charge in [-0.1, -0.05) is 0 Å². The fraction of sp³-hybridized carbons (Fsp3) is 0.333. The van der Waals surface area contributed by atoms with Gasteiger partial charge >= 0.3 is 0 Å². The summed E-state index contributed by atoms with van der Waals surface area (Å²) >= 11 is 0. The number of hydrogen-bond donors (Lipinski definition) is 2. The average Bonchev–Trinajstić information content (AvgIpc) is 2.50. The molecule has 0 fully saturated rings. The largest absolute Gasteiger partial charge is 0.490 e. The fourth-order valence-corrected chi connectivity index (χ4v) is 1.76. The van der Waals surface area contributed by atoms with Crippen LogP contribution in [0.1, 0.15) is 26.3 Å². The molecule has 8 heteroatoms. The highest BCUT2D eigenvalue weighted by atomic mass is 16.5. The first-order valence-electron chi connectivity index (χ1n) is 7.23. The molecule has 0 radical (unpaired) electrons. The first-order chi connectivity index (χ1) is 11.1. The van der Waals surface area contributed by atoms with Crippen LogP contribution in [0.3, 0.4) is 0 Å². The molecule has 1 aromatic carbocycles. The number of nitrogens with zero attached hydrogens (tertiary/aromatic N) is 3. The maximum Gasteiger partial charge on any atom is 0.271 e. The highest BCUT2D eigenvalue weighted by molar-refractivity contribution is 5.81. The third-order valence-corrected chi connectivity index (χ3v) is 2.59. The summed E-state index contributed by atoms with van der Waals surface area (Å²) in [7, 11) is 0. The Balaban J connectivity index is 2.11. The van der Waals surface area contributed by atoms with E-state index in [9.17, 15) is 4.79 Å². The summed E-state index contributed by atoms with van der Waals surface area (Å²) in [6, 6.07) is 5.51. The molecule has 0 aliphatic rings. The Morgan fingerprint density at radius 1 is 1.39 bits per heavy atom. The van der Waals surface area contributed by atoms with Gasteiger partial charge in [-0.05, 0) is 44.5 Å². The highest BCUT2D eigenvalue weighted by Crippen LogP contribution is 2.28. The van der Waals surface area contributed by atoms with Crippen LogP contribution in [-0.4, -0.2) is 34.1 Å². The van der Waals surface area contributed by atoms with E-state index in [4.69, 9.17) is 9.47 Å². The zero-order chi connectivity index (χ0) is 16.7. The number of anilines is 1. The smallest absolute Gasteiger partial charge is 0.271 e. The van der Waals surface area contributed by atoms with Crippen LogP contribution in [0.15, 0.2) is 34.3 Å². The van der Waals surface area contributed by atoms with Crippen LogP contribution < -0.4 is 20.5 Å². The first-order valence-corrected chi connectivity index (χ1v) is 7.23. The van der Waals surface area contributed by atoms with E-state index in [0.29, 0.717) is 18.1 Å². The van der Waals surface area contributed by atoms with Crippen LogP contribution in [0, 0.1) is 0 Å². The van der Waals surface area contributed by atoms with Gasteiger partial charge in [-0.3, -0.25) is 9.78 Å². The van der Waals surface area contributed by atoms with Crippen molar-refractivity contribution in [1.29, 1.82) is 0 Å². The number of benzene rings is 1. The Morgan fingerprint density at radius 2 is 2.22 bits per heavy atom. The average molecular weight is 317 g/mol. The molecule has 0 saturated heterocycles. The van der Waals surface area contributed by atoms with Crippen molar-refractivity contribution in [3.8, 4) is 11.5 Å². The molecule has 122 valence electrons. The number of H-pyrrole nitrogens is 1. The van der Waals surface area contributed by atoms with Crippen molar-refractivity contribution >= 4 is 12.2 Å². The molecule has 2 aromatic rings. The van der Waals surface area contributed by atoms with Crippen molar-refractivity contribution in [2.24, 2.45) is 5.10 Å². The van der Waals surface area contributed by atoms with Gasteiger partial charge in [0, 0.05) is 0 Å². The van der Waals surface area contributed by atoms with E-state index in [0.717, 1.165) is 11.8 Å². The van der Waals surface area contributed by atoms with Gasteiger partial charge in [-0.2, -0.15) is 5.10 Å². The lowest BCUT2D eigenvalue weighted by Gasteiger charge is -2.14. The van der Waals surface area contributed by atoms with E-state index in [1.54, 1.807) is 6.21 Å². The lowest BCUT2D eigenvalue weighted by Crippen LogP contribution is -2.10. The summed E-state index contributed by atoms with van der Waals surface area (Å²) in [5.41, 5.74) is 3.05. The van der Waals surface area contributed by atoms with Crippen LogP contribution in [0.5, 0.6) is 11.5 Å². The second kappa shape index (κ2) is 7.92. The highest BCUT2D eigenvalue weighted by Gasteiger charge is 2.07. The summed E-state index contributed by atoms with van der Waals surface area (Å²) in [5.74, 6) is 1.50. The Morgan fingerprint density at radius 3 is 2.91 bits per heavy atom. The van der Waals surface area contributed by atoms with Gasteiger partial charge < -0.3 is 9.47 Å². The lowest BCUT2D eigenvalue weighted by atomic mass is 10.2. The van der Waals surface area contributed by atoms with Crippen LogP contribution in [0.4, 0.5) is 5.95 Å². The SMILES string of the molecule is CCOc1cc(/C=N/Nc2nncc(=O)[nH]2)ccc1OC(C)C. The van der Waals surface area contributed by atoms with E-state index in [2.05, 4.69) is 25.7 Å². The monoisotopic (exact) mass is 317 g/mol. The first kappa shape index (κ1) is 16.5. The molecule has 0 amide bonds. The molecule has 1 heterocycles. The van der Waals surface area contributed by atoms with Gasteiger partial charge in [0.2, 0.25) is 5.95 Å². The third kappa shape index (κ3) is 5.10. The summed E-state index contributed by atoms with van der Waals surface area (Å²) in [6.07, 6.45) is 2.72. The molecule has 0 aliphatic heterocycles. The summed E-state index contributed by atoms with van der Waals surface area (Å²) in [6.45, 7) is 6.35. The van der Waals surface area contributed by atoms with Crippen LogP contribution >= 0.6 is 0 Å². The van der Waals surface area contributed by atoms with Gasteiger partial charge in [0.05, 0.1) is 18.9 Å². The summed E-state index contributed by atoms with van der Waals surface area (Å²) in [5, 5.41) is 11.2. The fourth-order valence-electron chi connectivity index (χ4n) is 1.76. The molecule has 2 N–H and O–H groups in total. The standard InChI is InChI=1S/C15H19N5O3/c1-4-22-13-7-11(5-6-12(13)23-10(2)3)8-16-19-15-18-14(21)9-17-20-15/h5-10H,4H2,1-3H3,(H2,18,19,20,21)/b16-8+. The molecular formula is C15H19N5O3. The maximum absolute atomic E-state index is 11.1. The molecule has 23 heavy (non-hydrogen) atoms. The molecule has 0 spiro atoms. The zero-order valence-electron chi connectivity index (χ0n) is 13.2. The van der Waals surface area contributed by atoms with Gasteiger partial charge in [0.15, 0.2) is 11.5 Å². The van der Waals surface area contributed by atoms with E-state index < -0.39 is 0 Å².